The summed E-state index contributed by atoms with van der Waals surface area (Å²) in [6.07, 6.45) is 2.69. The molecular formula is C21H19NO5. The lowest BCUT2D eigenvalue weighted by atomic mass is 10.1. The standard InChI is InChI=1S/C21H19NO5/c1-14-17(22-21(27-14)16-7-4-3-5-8-16)13-26-18-10-6-9-15(20(18)24)11-12-19(23)25-2/h3-12,24H,13H2,1-2H3/b12-11+. The van der Waals surface area contributed by atoms with E-state index in [1.165, 1.54) is 19.3 Å². The van der Waals surface area contributed by atoms with Crippen LogP contribution in [0.5, 0.6) is 11.5 Å². The average molecular weight is 365 g/mol. The zero-order valence-corrected chi connectivity index (χ0v) is 15.0. The molecule has 0 atom stereocenters. The van der Waals surface area contributed by atoms with Gasteiger partial charge in [-0.25, -0.2) is 9.78 Å². The third-order valence-corrected chi connectivity index (χ3v) is 3.91. The van der Waals surface area contributed by atoms with E-state index in [4.69, 9.17) is 9.15 Å². The number of aromatic nitrogens is 1. The molecule has 0 saturated carbocycles. The highest BCUT2D eigenvalue weighted by Crippen LogP contribution is 2.32. The number of methoxy groups -OCH3 is 1. The summed E-state index contributed by atoms with van der Waals surface area (Å²) in [5.41, 5.74) is 1.97. The number of hydrogen-bond donors (Lipinski definition) is 1. The van der Waals surface area contributed by atoms with Crippen molar-refractivity contribution in [2.75, 3.05) is 7.11 Å². The van der Waals surface area contributed by atoms with Crippen molar-refractivity contribution < 1.29 is 23.8 Å². The summed E-state index contributed by atoms with van der Waals surface area (Å²) in [4.78, 5) is 15.7. The Morgan fingerprint density at radius 3 is 2.70 bits per heavy atom. The monoisotopic (exact) mass is 365 g/mol. The third-order valence-electron chi connectivity index (χ3n) is 3.91. The minimum absolute atomic E-state index is 0.0675. The second kappa shape index (κ2) is 8.23. The van der Waals surface area contributed by atoms with Crippen molar-refractivity contribution in [1.82, 2.24) is 4.98 Å². The predicted octanol–water partition coefficient (Wildman–Crippen LogP) is 4.12. The molecule has 3 rings (SSSR count). The zero-order chi connectivity index (χ0) is 19.2. The van der Waals surface area contributed by atoms with E-state index in [0.717, 1.165) is 5.56 Å². The molecule has 1 heterocycles. The average Bonchev–Trinajstić information content (AvgIpc) is 3.07. The quantitative estimate of drug-likeness (QED) is 0.523. The highest BCUT2D eigenvalue weighted by atomic mass is 16.5. The van der Waals surface area contributed by atoms with Gasteiger partial charge in [-0.2, -0.15) is 0 Å². The predicted molar refractivity (Wildman–Crippen MR) is 100 cm³/mol. The minimum Gasteiger partial charge on any atom is -0.504 e. The molecule has 1 N–H and O–H groups in total. The summed E-state index contributed by atoms with van der Waals surface area (Å²) < 4.78 is 16.0. The van der Waals surface area contributed by atoms with Gasteiger partial charge in [0, 0.05) is 17.2 Å². The molecule has 0 fully saturated rings. The molecular weight excluding hydrogens is 346 g/mol. The van der Waals surface area contributed by atoms with Crippen molar-refractivity contribution in [2.45, 2.75) is 13.5 Å². The van der Waals surface area contributed by atoms with Gasteiger partial charge in [0.05, 0.1) is 7.11 Å². The summed E-state index contributed by atoms with van der Waals surface area (Å²) in [5.74, 6) is 0.876. The van der Waals surface area contributed by atoms with Crippen molar-refractivity contribution in [3.63, 3.8) is 0 Å². The number of para-hydroxylation sites is 1. The first-order chi connectivity index (χ1) is 13.1. The highest BCUT2D eigenvalue weighted by Gasteiger charge is 2.13. The number of nitrogens with zero attached hydrogens (tertiary/aromatic N) is 1. The fraction of sp³-hybridized carbons (Fsp3) is 0.143. The molecule has 0 aliphatic heterocycles. The van der Waals surface area contributed by atoms with Gasteiger partial charge in [-0.05, 0) is 31.2 Å². The molecule has 27 heavy (non-hydrogen) atoms. The molecule has 6 heteroatoms. The fourth-order valence-electron chi connectivity index (χ4n) is 2.43. The number of hydrogen-bond acceptors (Lipinski definition) is 6. The first kappa shape index (κ1) is 18.3. The van der Waals surface area contributed by atoms with Crippen molar-refractivity contribution in [3.8, 4) is 23.0 Å². The van der Waals surface area contributed by atoms with Crippen LogP contribution in [0.15, 0.2) is 59.0 Å². The van der Waals surface area contributed by atoms with Crippen LogP contribution in [0.4, 0.5) is 0 Å². The maximum atomic E-state index is 11.2. The number of rotatable bonds is 6. The molecule has 0 unspecified atom stereocenters. The van der Waals surface area contributed by atoms with E-state index in [2.05, 4.69) is 9.72 Å². The fourth-order valence-corrected chi connectivity index (χ4v) is 2.43. The van der Waals surface area contributed by atoms with Gasteiger partial charge in [0.2, 0.25) is 5.89 Å². The van der Waals surface area contributed by atoms with Crippen molar-refractivity contribution >= 4 is 12.0 Å². The third kappa shape index (κ3) is 4.36. The Bertz CT molecular complexity index is 960. The molecule has 0 amide bonds. The van der Waals surface area contributed by atoms with Crippen LogP contribution in [0.2, 0.25) is 0 Å². The first-order valence-electron chi connectivity index (χ1n) is 8.31. The lowest BCUT2D eigenvalue weighted by Crippen LogP contribution is -1.98. The summed E-state index contributed by atoms with van der Waals surface area (Å²) in [5, 5.41) is 10.3. The van der Waals surface area contributed by atoms with E-state index in [1.54, 1.807) is 18.2 Å². The van der Waals surface area contributed by atoms with Gasteiger partial charge < -0.3 is 19.0 Å². The molecule has 3 aromatic rings. The molecule has 0 bridgehead atoms. The molecule has 138 valence electrons. The summed E-state index contributed by atoms with van der Waals surface area (Å²) >= 11 is 0. The number of carbonyl (C=O) groups excluding carboxylic acids is 1. The van der Waals surface area contributed by atoms with Gasteiger partial charge in [-0.15, -0.1) is 0 Å². The van der Waals surface area contributed by atoms with Crippen LogP contribution >= 0.6 is 0 Å². The van der Waals surface area contributed by atoms with E-state index < -0.39 is 5.97 Å². The lowest BCUT2D eigenvalue weighted by Gasteiger charge is -2.08. The minimum atomic E-state index is -0.507. The summed E-state index contributed by atoms with van der Waals surface area (Å²) in [6.45, 7) is 1.95. The number of esters is 1. The molecule has 6 nitrogen and oxygen atoms in total. The Morgan fingerprint density at radius 2 is 1.96 bits per heavy atom. The van der Waals surface area contributed by atoms with Crippen LogP contribution < -0.4 is 4.74 Å². The van der Waals surface area contributed by atoms with E-state index in [0.29, 0.717) is 22.9 Å². The van der Waals surface area contributed by atoms with E-state index in [9.17, 15) is 9.90 Å². The van der Waals surface area contributed by atoms with Crippen molar-refractivity contribution in [2.24, 2.45) is 0 Å². The van der Waals surface area contributed by atoms with Crippen LogP contribution in [0.1, 0.15) is 17.0 Å². The Morgan fingerprint density at radius 1 is 1.19 bits per heavy atom. The maximum Gasteiger partial charge on any atom is 0.330 e. The Labute approximate surface area is 156 Å². The number of ether oxygens (including phenoxy) is 2. The zero-order valence-electron chi connectivity index (χ0n) is 15.0. The van der Waals surface area contributed by atoms with Gasteiger partial charge in [0.25, 0.3) is 0 Å². The van der Waals surface area contributed by atoms with Crippen LogP contribution in [0.3, 0.4) is 0 Å². The Balaban J connectivity index is 1.75. The van der Waals surface area contributed by atoms with E-state index >= 15 is 0 Å². The molecule has 2 aromatic carbocycles. The highest BCUT2D eigenvalue weighted by molar-refractivity contribution is 5.87. The summed E-state index contributed by atoms with van der Waals surface area (Å²) in [6, 6.07) is 14.6. The van der Waals surface area contributed by atoms with Crippen molar-refractivity contribution in [1.29, 1.82) is 0 Å². The Kier molecular flexibility index (Phi) is 5.56. The smallest absolute Gasteiger partial charge is 0.330 e. The topological polar surface area (TPSA) is 81.8 Å². The Hall–Kier alpha value is -3.54. The van der Waals surface area contributed by atoms with Crippen LogP contribution in [-0.2, 0) is 16.1 Å². The second-order valence-corrected chi connectivity index (χ2v) is 5.73. The van der Waals surface area contributed by atoms with Crippen LogP contribution in [-0.4, -0.2) is 23.2 Å². The van der Waals surface area contributed by atoms with Crippen LogP contribution in [0, 0.1) is 6.92 Å². The lowest BCUT2D eigenvalue weighted by molar-refractivity contribution is -0.134. The van der Waals surface area contributed by atoms with E-state index in [1.807, 2.05) is 37.3 Å². The van der Waals surface area contributed by atoms with Gasteiger partial charge in [-0.1, -0.05) is 30.3 Å². The van der Waals surface area contributed by atoms with E-state index in [-0.39, 0.29) is 18.1 Å². The number of phenolic OH excluding ortho intramolecular Hbond substituents is 1. The second-order valence-electron chi connectivity index (χ2n) is 5.73. The number of aryl methyl sites for hydroxylation is 1. The molecule has 0 radical (unpaired) electrons. The molecule has 0 spiro atoms. The number of benzene rings is 2. The van der Waals surface area contributed by atoms with Gasteiger partial charge in [0.1, 0.15) is 18.1 Å². The molecule has 0 saturated heterocycles. The number of phenols is 1. The van der Waals surface area contributed by atoms with Gasteiger partial charge >= 0.3 is 5.97 Å². The summed E-state index contributed by atoms with van der Waals surface area (Å²) in [7, 11) is 1.29. The number of oxazole rings is 1. The normalized spacial score (nSPS) is 10.9. The maximum absolute atomic E-state index is 11.2. The van der Waals surface area contributed by atoms with Crippen molar-refractivity contribution in [3.05, 3.63) is 71.6 Å². The molecule has 1 aromatic heterocycles. The number of aromatic hydroxyl groups is 1. The van der Waals surface area contributed by atoms with Gasteiger partial charge in [0.15, 0.2) is 11.5 Å². The van der Waals surface area contributed by atoms with Gasteiger partial charge in [-0.3, -0.25) is 0 Å². The van der Waals surface area contributed by atoms with Crippen LogP contribution in [0.25, 0.3) is 17.5 Å². The molecule has 0 aliphatic rings. The first-order valence-corrected chi connectivity index (χ1v) is 8.31. The largest absolute Gasteiger partial charge is 0.504 e. The SMILES string of the molecule is COC(=O)/C=C/c1cccc(OCc2nc(-c3ccccc3)oc2C)c1O. The molecule has 0 aliphatic carbocycles. The number of carbonyl (C=O) groups is 1.